The molecule has 0 radical (unpaired) electrons. The van der Waals surface area contributed by atoms with E-state index in [1.807, 2.05) is 24.3 Å². The average Bonchev–Trinajstić information content (AvgIpc) is 3.15. The van der Waals surface area contributed by atoms with Crippen molar-refractivity contribution < 1.29 is 72.1 Å². The van der Waals surface area contributed by atoms with Gasteiger partial charge in [-0.25, -0.2) is 0 Å². The first-order chi connectivity index (χ1) is 26.4. The molecule has 2 aliphatic heterocycles. The highest BCUT2D eigenvalue weighted by Gasteiger charge is 2.13. The molecule has 0 unspecified atom stereocenters. The van der Waals surface area contributed by atoms with Crippen molar-refractivity contribution in [2.75, 3.05) is 137 Å². The van der Waals surface area contributed by atoms with Gasteiger partial charge in [-0.05, 0) is 18.2 Å². The zero-order valence-electron chi connectivity index (χ0n) is 30.0. The van der Waals surface area contributed by atoms with Crippen molar-refractivity contribution in [1.29, 1.82) is 0 Å². The van der Waals surface area contributed by atoms with Crippen LogP contribution < -0.4 is 18.9 Å². The highest BCUT2D eigenvalue weighted by Crippen LogP contribution is 2.31. The predicted molar refractivity (Wildman–Crippen MR) is 193 cm³/mol. The molecule has 0 bridgehead atoms. The van der Waals surface area contributed by atoms with Crippen LogP contribution in [0.15, 0.2) is 42.5 Å². The Hall–Kier alpha value is -3.50. The Bertz CT molecular complexity index is 1180. The minimum Gasteiger partial charge on any atom is -0.487 e. The molecule has 0 spiro atoms. The lowest BCUT2D eigenvalue weighted by Gasteiger charge is -2.13. The lowest BCUT2D eigenvalue weighted by molar-refractivity contribution is -0.742. The van der Waals surface area contributed by atoms with Gasteiger partial charge in [-0.1, -0.05) is 12.1 Å². The fourth-order valence-electron chi connectivity index (χ4n) is 3.90. The Labute approximate surface area is 323 Å². The van der Waals surface area contributed by atoms with Crippen LogP contribution >= 0.6 is 23.2 Å². The lowest BCUT2D eigenvalue weighted by atomic mass is 10.3. The first kappa shape index (κ1) is 48.5. The van der Waals surface area contributed by atoms with Gasteiger partial charge in [-0.2, -0.15) is 0 Å². The molecule has 1 N–H and O–H groups in total. The van der Waals surface area contributed by atoms with Crippen LogP contribution in [-0.2, 0) is 37.9 Å². The maximum Gasteiger partial charge on any atom is 0.291 e. The zero-order valence-corrected chi connectivity index (χ0v) is 31.5. The van der Waals surface area contributed by atoms with Gasteiger partial charge in [0.25, 0.3) is 10.8 Å². The van der Waals surface area contributed by atoms with E-state index in [-0.39, 0.29) is 17.6 Å². The summed E-state index contributed by atoms with van der Waals surface area (Å²) in [6.45, 7) is 9.40. The number of ether oxygens (including phenoxy) is 12. The van der Waals surface area contributed by atoms with Gasteiger partial charge in [0.1, 0.15) is 26.4 Å². The fraction of sp³-hybridized carbons (Fsp3) is 0.636. The summed E-state index contributed by atoms with van der Waals surface area (Å²) in [5.41, 5.74) is -0.0628. The smallest absolute Gasteiger partial charge is 0.291 e. The number of fused-ring (bicyclic) bond motifs is 2. The van der Waals surface area contributed by atoms with Crippen molar-refractivity contribution in [1.82, 2.24) is 0 Å². The van der Waals surface area contributed by atoms with Gasteiger partial charge < -0.3 is 62.0 Å². The molecule has 0 amide bonds. The van der Waals surface area contributed by atoms with Crippen LogP contribution in [0.4, 0.5) is 5.69 Å². The molecule has 2 heterocycles. The Morgan fingerprint density at radius 2 is 0.704 bits per heavy atom. The number of hydrogen-bond donors (Lipinski definition) is 1. The summed E-state index contributed by atoms with van der Waals surface area (Å²) in [5.74, 6) is 2.16. The second kappa shape index (κ2) is 35.2. The molecular formula is C33H50Cl2N2O17. The number of para-hydroxylation sites is 2. The number of halogens is 2. The Kier molecular flexibility index (Phi) is 31.6. The number of nitro groups is 1. The van der Waals surface area contributed by atoms with Crippen molar-refractivity contribution in [3.8, 4) is 23.0 Å². The number of nitro benzene ring substituents is 1. The molecule has 4 rings (SSSR count). The second-order valence-corrected chi connectivity index (χ2v) is 10.8. The van der Waals surface area contributed by atoms with Crippen molar-refractivity contribution in [2.24, 2.45) is 0 Å². The number of alkyl halides is 2. The van der Waals surface area contributed by atoms with Crippen LogP contribution in [0.1, 0.15) is 0 Å². The van der Waals surface area contributed by atoms with Crippen LogP contribution in [0.25, 0.3) is 0 Å². The van der Waals surface area contributed by atoms with E-state index in [2.05, 4.69) is 0 Å². The molecule has 54 heavy (non-hydrogen) atoms. The minimum atomic E-state index is -1.50. The summed E-state index contributed by atoms with van der Waals surface area (Å²) in [7, 11) is 0. The molecule has 0 saturated heterocycles. The molecule has 0 saturated carbocycles. The average molecular weight is 818 g/mol. The van der Waals surface area contributed by atoms with Crippen molar-refractivity contribution in [2.45, 2.75) is 0 Å². The summed E-state index contributed by atoms with van der Waals surface area (Å²) in [6.07, 6.45) is 0. The molecule has 0 atom stereocenters. The third-order valence-corrected chi connectivity index (χ3v) is 6.16. The molecule has 0 aliphatic carbocycles. The van der Waals surface area contributed by atoms with E-state index in [4.69, 9.17) is 95.4 Å². The van der Waals surface area contributed by atoms with E-state index in [0.29, 0.717) is 149 Å². The quantitative estimate of drug-likeness (QED) is 0.244. The van der Waals surface area contributed by atoms with E-state index in [9.17, 15) is 10.1 Å². The van der Waals surface area contributed by atoms with Gasteiger partial charge in [-0.15, -0.1) is 33.3 Å². The largest absolute Gasteiger partial charge is 0.487 e. The van der Waals surface area contributed by atoms with Crippen LogP contribution in [0.2, 0.25) is 0 Å². The van der Waals surface area contributed by atoms with Gasteiger partial charge in [-0.3, -0.25) is 10.1 Å². The topological polar surface area (TPSA) is 217 Å². The first-order valence-electron chi connectivity index (χ1n) is 16.8. The van der Waals surface area contributed by atoms with E-state index in [0.717, 1.165) is 0 Å². The Balaban J connectivity index is 0.000000463. The number of hydrogen-bond acceptors (Lipinski definition) is 16. The molecule has 308 valence electrons. The van der Waals surface area contributed by atoms with E-state index < -0.39 is 10.0 Å². The Morgan fingerprint density at radius 3 is 0.981 bits per heavy atom. The number of rotatable bonds is 1. The van der Waals surface area contributed by atoms with E-state index >= 15 is 0 Å². The Morgan fingerprint density at radius 1 is 0.463 bits per heavy atom. The molecule has 19 nitrogen and oxygen atoms in total. The summed E-state index contributed by atoms with van der Waals surface area (Å²) < 4.78 is 65.7. The molecule has 21 heteroatoms. The van der Waals surface area contributed by atoms with Gasteiger partial charge >= 0.3 is 0 Å². The third-order valence-electron chi connectivity index (χ3n) is 6.16. The SMILES string of the molecule is ClCCl.O=[N+]([O-])O.O=[N+]([O-])c1ccc2c(c1)OCCOCCOCCOCCOCCO2.c1ccc2c(c1)OCCOCCOCCOCCOCCO2. The highest BCUT2D eigenvalue weighted by atomic mass is 35.5. The zero-order chi connectivity index (χ0) is 39.3. The van der Waals surface area contributed by atoms with Crippen LogP contribution in [0.5, 0.6) is 23.0 Å². The molecule has 0 fully saturated rings. The number of nitrogens with zero attached hydrogens (tertiary/aromatic N) is 2. The van der Waals surface area contributed by atoms with Crippen molar-refractivity contribution >= 4 is 28.9 Å². The predicted octanol–water partition coefficient (Wildman–Crippen LogP) is 4.03. The normalized spacial score (nSPS) is 17.5. The molecule has 0 aromatic heterocycles. The highest BCUT2D eigenvalue weighted by molar-refractivity contribution is 6.40. The van der Waals surface area contributed by atoms with Crippen molar-refractivity contribution in [3.63, 3.8) is 0 Å². The summed E-state index contributed by atoms with van der Waals surface area (Å²) in [4.78, 5) is 18.8. The summed E-state index contributed by atoms with van der Waals surface area (Å²) in [5, 5.41) is 24.8. The minimum absolute atomic E-state index is 0.0628. The van der Waals surface area contributed by atoms with Gasteiger partial charge in [0.2, 0.25) is 0 Å². The van der Waals surface area contributed by atoms with Crippen LogP contribution in [0.3, 0.4) is 0 Å². The standard InChI is InChI=1S/C16H23NO8.C16H24O6.CH2Cl2.HNO3/c18-17(19)14-1-2-15-16(13-14)25-12-10-23-8-6-21-4-3-20-5-7-22-9-11-24-15;1-2-4-16-15(3-1)21-13-11-19-9-7-17-5-6-18-8-10-20-12-14-22-16;2-1-3;2-1(3)4/h1-2,13H,3-12H2;1-4H,5-14H2;1H2;(H,2,3,4). The number of benzene rings is 2. The summed E-state index contributed by atoms with van der Waals surface area (Å²) >= 11 is 9.53. The van der Waals surface area contributed by atoms with E-state index in [1.54, 1.807) is 0 Å². The third kappa shape index (κ3) is 28.0. The molecular weight excluding hydrogens is 767 g/mol. The summed E-state index contributed by atoms with van der Waals surface area (Å²) in [6, 6.07) is 11.8. The van der Waals surface area contributed by atoms with E-state index in [1.165, 1.54) is 18.2 Å². The first-order valence-corrected chi connectivity index (χ1v) is 17.9. The fourth-order valence-corrected chi connectivity index (χ4v) is 3.90. The van der Waals surface area contributed by atoms with Crippen LogP contribution in [-0.4, -0.2) is 153 Å². The molecule has 2 aliphatic rings. The number of non-ortho nitro benzene ring substituents is 1. The lowest BCUT2D eigenvalue weighted by Crippen LogP contribution is -2.16. The van der Waals surface area contributed by atoms with Gasteiger partial charge in [0.15, 0.2) is 23.0 Å². The monoisotopic (exact) mass is 816 g/mol. The second-order valence-electron chi connectivity index (χ2n) is 9.97. The van der Waals surface area contributed by atoms with Gasteiger partial charge in [0, 0.05) is 6.07 Å². The van der Waals surface area contributed by atoms with Crippen molar-refractivity contribution in [3.05, 3.63) is 62.7 Å². The van der Waals surface area contributed by atoms with Gasteiger partial charge in [0.05, 0.1) is 122 Å². The molecule has 2 aromatic carbocycles. The molecule has 2 aromatic rings. The maximum absolute atomic E-state index is 10.9. The maximum atomic E-state index is 10.9. The van der Waals surface area contributed by atoms with Crippen LogP contribution in [0, 0.1) is 20.2 Å².